The quantitative estimate of drug-likeness (QED) is 0.708. The lowest BCUT2D eigenvalue weighted by Gasteiger charge is -2.18. The summed E-state index contributed by atoms with van der Waals surface area (Å²) in [6, 6.07) is 0.111. The number of hydrogen-bond acceptors (Lipinski definition) is 3. The fourth-order valence-corrected chi connectivity index (χ4v) is 2.42. The monoisotopic (exact) mass is 207 g/mol. The van der Waals surface area contributed by atoms with Gasteiger partial charge in [0.05, 0.1) is 5.75 Å². The van der Waals surface area contributed by atoms with Gasteiger partial charge < -0.3 is 5.32 Å². The third-order valence-corrected chi connectivity index (χ3v) is 2.76. The molecule has 13 heavy (non-hydrogen) atoms. The van der Waals surface area contributed by atoms with Crippen molar-refractivity contribution in [1.29, 1.82) is 0 Å². The Morgan fingerprint density at radius 2 is 1.85 bits per heavy atom. The van der Waals surface area contributed by atoms with Crippen LogP contribution in [0.25, 0.3) is 0 Å². The van der Waals surface area contributed by atoms with Crippen molar-refractivity contribution in [3.63, 3.8) is 0 Å². The Bertz CT molecular complexity index is 222. The molecule has 0 aromatic carbocycles. The van der Waals surface area contributed by atoms with E-state index in [1.165, 1.54) is 6.26 Å². The molecule has 1 unspecified atom stereocenters. The molecule has 0 aromatic rings. The van der Waals surface area contributed by atoms with E-state index in [1.807, 2.05) is 6.92 Å². The topological polar surface area (TPSA) is 46.2 Å². The first-order valence-corrected chi connectivity index (χ1v) is 6.82. The Balaban J connectivity index is 4.10. The third kappa shape index (κ3) is 8.25. The normalized spacial score (nSPS) is 14.8. The van der Waals surface area contributed by atoms with Gasteiger partial charge in [-0.25, -0.2) is 8.42 Å². The maximum atomic E-state index is 11.1. The molecule has 0 rings (SSSR count). The molecule has 0 radical (unpaired) electrons. The summed E-state index contributed by atoms with van der Waals surface area (Å²) in [5, 5.41) is 3.19. The van der Waals surface area contributed by atoms with Crippen molar-refractivity contribution in [3.8, 4) is 0 Å². The minimum atomic E-state index is -2.85. The van der Waals surface area contributed by atoms with Gasteiger partial charge in [-0.05, 0) is 18.9 Å². The lowest BCUT2D eigenvalue weighted by Crippen LogP contribution is -2.36. The molecule has 0 saturated heterocycles. The van der Waals surface area contributed by atoms with Crippen LogP contribution in [-0.2, 0) is 9.84 Å². The Hall–Kier alpha value is -0.0900. The van der Waals surface area contributed by atoms with E-state index >= 15 is 0 Å². The Kier molecular flexibility index (Phi) is 5.56. The lowest BCUT2D eigenvalue weighted by molar-refractivity contribution is 0.449. The van der Waals surface area contributed by atoms with Crippen LogP contribution >= 0.6 is 0 Å². The first-order chi connectivity index (χ1) is 5.85. The number of rotatable bonds is 6. The van der Waals surface area contributed by atoms with Gasteiger partial charge in [-0.3, -0.25) is 0 Å². The zero-order valence-corrected chi connectivity index (χ0v) is 9.82. The molecule has 0 aromatic heterocycles. The molecule has 80 valence electrons. The number of hydrogen-bond donors (Lipinski definition) is 1. The Labute approximate surface area is 81.8 Å². The third-order valence-electron chi connectivity index (χ3n) is 1.75. The van der Waals surface area contributed by atoms with Gasteiger partial charge in [-0.2, -0.15) is 0 Å². The van der Waals surface area contributed by atoms with Crippen molar-refractivity contribution in [2.24, 2.45) is 5.92 Å². The second-order valence-electron chi connectivity index (χ2n) is 3.98. The molecule has 0 aliphatic carbocycles. The summed E-state index contributed by atoms with van der Waals surface area (Å²) >= 11 is 0. The highest BCUT2D eigenvalue weighted by molar-refractivity contribution is 7.90. The van der Waals surface area contributed by atoms with E-state index in [2.05, 4.69) is 19.2 Å². The molecule has 0 spiro atoms. The second kappa shape index (κ2) is 5.60. The maximum absolute atomic E-state index is 11.1. The predicted octanol–water partition coefficient (Wildman–Crippen LogP) is 1.06. The van der Waals surface area contributed by atoms with Gasteiger partial charge in [0, 0.05) is 12.3 Å². The minimum absolute atomic E-state index is 0.111. The molecule has 0 amide bonds. The Morgan fingerprint density at radius 1 is 1.31 bits per heavy atom. The summed E-state index contributed by atoms with van der Waals surface area (Å²) in [5.74, 6) is 0.782. The molecule has 3 nitrogen and oxygen atoms in total. The van der Waals surface area contributed by atoms with Crippen molar-refractivity contribution >= 4 is 9.84 Å². The number of nitrogens with one attached hydrogen (secondary N) is 1. The van der Waals surface area contributed by atoms with E-state index in [-0.39, 0.29) is 11.8 Å². The predicted molar refractivity (Wildman–Crippen MR) is 56.6 cm³/mol. The van der Waals surface area contributed by atoms with E-state index in [1.54, 1.807) is 0 Å². The highest BCUT2D eigenvalue weighted by Gasteiger charge is 2.15. The van der Waals surface area contributed by atoms with Crippen LogP contribution in [0, 0.1) is 5.92 Å². The maximum Gasteiger partial charge on any atom is 0.148 e. The van der Waals surface area contributed by atoms with Gasteiger partial charge in [-0.1, -0.05) is 20.8 Å². The van der Waals surface area contributed by atoms with Crippen molar-refractivity contribution in [3.05, 3.63) is 0 Å². The summed E-state index contributed by atoms with van der Waals surface area (Å²) in [6.07, 6.45) is 2.21. The van der Waals surface area contributed by atoms with Crippen LogP contribution in [0.1, 0.15) is 27.2 Å². The highest BCUT2D eigenvalue weighted by Crippen LogP contribution is 2.06. The molecule has 1 atom stereocenters. The SMILES string of the molecule is CCNC(CC(C)C)CS(C)(=O)=O. The van der Waals surface area contributed by atoms with E-state index < -0.39 is 9.84 Å². The minimum Gasteiger partial charge on any atom is -0.313 e. The van der Waals surface area contributed by atoms with Gasteiger partial charge in [0.1, 0.15) is 9.84 Å². The molecule has 0 bridgehead atoms. The Morgan fingerprint density at radius 3 is 2.15 bits per heavy atom. The molecule has 0 fully saturated rings. The van der Waals surface area contributed by atoms with Crippen molar-refractivity contribution in [2.75, 3.05) is 18.6 Å². The van der Waals surface area contributed by atoms with Gasteiger partial charge in [-0.15, -0.1) is 0 Å². The van der Waals surface area contributed by atoms with E-state index in [9.17, 15) is 8.42 Å². The molecule has 0 saturated carbocycles. The molecule has 0 aliphatic heterocycles. The van der Waals surface area contributed by atoms with Crippen molar-refractivity contribution in [1.82, 2.24) is 5.32 Å². The molecule has 0 aliphatic rings. The summed E-state index contributed by atoms with van der Waals surface area (Å²) in [5.41, 5.74) is 0. The molecular formula is C9H21NO2S. The standard InChI is InChI=1S/C9H21NO2S/c1-5-10-9(6-8(2)3)7-13(4,11)12/h8-10H,5-7H2,1-4H3. The second-order valence-corrected chi connectivity index (χ2v) is 6.16. The highest BCUT2D eigenvalue weighted by atomic mass is 32.2. The van der Waals surface area contributed by atoms with E-state index in [0.717, 1.165) is 13.0 Å². The van der Waals surface area contributed by atoms with Crippen LogP contribution in [0.5, 0.6) is 0 Å². The molecule has 0 heterocycles. The van der Waals surface area contributed by atoms with Crippen LogP contribution in [0.4, 0.5) is 0 Å². The summed E-state index contributed by atoms with van der Waals surface area (Å²) in [4.78, 5) is 0. The lowest BCUT2D eigenvalue weighted by atomic mass is 10.1. The van der Waals surface area contributed by atoms with Gasteiger partial charge in [0.15, 0.2) is 0 Å². The van der Waals surface area contributed by atoms with Crippen LogP contribution in [-0.4, -0.2) is 33.0 Å². The fraction of sp³-hybridized carbons (Fsp3) is 1.00. The van der Waals surface area contributed by atoms with Crippen molar-refractivity contribution in [2.45, 2.75) is 33.2 Å². The zero-order valence-electron chi connectivity index (χ0n) is 9.00. The summed E-state index contributed by atoms with van der Waals surface area (Å²) in [6.45, 7) is 7.03. The first-order valence-electron chi connectivity index (χ1n) is 4.76. The fourth-order valence-electron chi connectivity index (χ4n) is 1.43. The zero-order chi connectivity index (χ0) is 10.5. The average molecular weight is 207 g/mol. The average Bonchev–Trinajstić information content (AvgIpc) is 1.81. The van der Waals surface area contributed by atoms with Crippen LogP contribution in [0.15, 0.2) is 0 Å². The van der Waals surface area contributed by atoms with Crippen LogP contribution in [0.3, 0.4) is 0 Å². The van der Waals surface area contributed by atoms with Crippen molar-refractivity contribution < 1.29 is 8.42 Å². The first kappa shape index (κ1) is 12.9. The summed E-state index contributed by atoms with van der Waals surface area (Å²) < 4.78 is 22.1. The largest absolute Gasteiger partial charge is 0.313 e. The molecular weight excluding hydrogens is 186 g/mol. The van der Waals surface area contributed by atoms with Gasteiger partial charge >= 0.3 is 0 Å². The van der Waals surface area contributed by atoms with Crippen LogP contribution < -0.4 is 5.32 Å². The van der Waals surface area contributed by atoms with E-state index in [0.29, 0.717) is 5.92 Å². The van der Waals surface area contributed by atoms with E-state index in [4.69, 9.17) is 0 Å². The van der Waals surface area contributed by atoms with Gasteiger partial charge in [0.25, 0.3) is 0 Å². The molecule has 1 N–H and O–H groups in total. The van der Waals surface area contributed by atoms with Gasteiger partial charge in [0.2, 0.25) is 0 Å². The molecule has 4 heteroatoms. The number of sulfone groups is 1. The van der Waals surface area contributed by atoms with Crippen LogP contribution in [0.2, 0.25) is 0 Å². The smallest absolute Gasteiger partial charge is 0.148 e. The summed E-state index contributed by atoms with van der Waals surface area (Å²) in [7, 11) is -2.85.